The van der Waals surface area contributed by atoms with Crippen molar-refractivity contribution >= 4 is 23.9 Å². The summed E-state index contributed by atoms with van der Waals surface area (Å²) in [7, 11) is 0. The highest BCUT2D eigenvalue weighted by Crippen LogP contribution is 2.18. The van der Waals surface area contributed by atoms with Crippen LogP contribution in [-0.4, -0.2) is 10.9 Å². The fourth-order valence-electron chi connectivity index (χ4n) is 0.871. The predicted octanol–water partition coefficient (Wildman–Crippen LogP) is 1.60. The van der Waals surface area contributed by atoms with Crippen molar-refractivity contribution in [2.45, 2.75) is 6.92 Å². The smallest absolute Gasteiger partial charge is 0.161 e. The van der Waals surface area contributed by atoms with E-state index < -0.39 is 0 Å². The molecule has 0 heterocycles. The van der Waals surface area contributed by atoms with Crippen molar-refractivity contribution in [1.29, 1.82) is 0 Å². The fraction of sp³-hybridized carbons (Fsp3) is 0.125. The monoisotopic (exact) mass is 187 g/mol. The van der Waals surface area contributed by atoms with Gasteiger partial charge in [-0.25, -0.2) is 0 Å². The summed E-state index contributed by atoms with van der Waals surface area (Å²) in [6, 6.07) is 4.30. The average molecular weight is 188 g/mol. The van der Waals surface area contributed by atoms with Crippen LogP contribution in [0.3, 0.4) is 0 Å². The number of aromatic hydroxyl groups is 1. The maximum atomic E-state index is 10.8. The van der Waals surface area contributed by atoms with Crippen LogP contribution in [0.15, 0.2) is 18.2 Å². The highest BCUT2D eigenvalue weighted by molar-refractivity contribution is 5.99. The minimum Gasteiger partial charge on any atom is -0.508 e. The first-order valence-corrected chi connectivity index (χ1v) is 3.20. The highest BCUT2D eigenvalue weighted by atomic mass is 35.5. The lowest BCUT2D eigenvalue weighted by Gasteiger charge is -2.00. The van der Waals surface area contributed by atoms with Crippen LogP contribution in [0.5, 0.6) is 5.75 Å². The third-order valence-electron chi connectivity index (χ3n) is 1.41. The van der Waals surface area contributed by atoms with E-state index in [0.29, 0.717) is 11.3 Å². The van der Waals surface area contributed by atoms with E-state index in [1.165, 1.54) is 25.1 Å². The molecule has 0 unspecified atom stereocenters. The maximum Gasteiger partial charge on any atom is 0.161 e. The largest absolute Gasteiger partial charge is 0.508 e. The van der Waals surface area contributed by atoms with Crippen molar-refractivity contribution in [3.05, 3.63) is 23.8 Å². The topological polar surface area (TPSA) is 63.3 Å². The Morgan fingerprint density at radius 3 is 2.50 bits per heavy atom. The molecule has 0 fully saturated rings. The number of carbonyl (C=O) groups is 1. The van der Waals surface area contributed by atoms with Crippen molar-refractivity contribution in [3.63, 3.8) is 0 Å². The van der Waals surface area contributed by atoms with Crippen LogP contribution in [0, 0.1) is 0 Å². The number of hydrogen-bond donors (Lipinski definition) is 2. The van der Waals surface area contributed by atoms with Crippen LogP contribution >= 0.6 is 12.4 Å². The molecule has 3 N–H and O–H groups in total. The van der Waals surface area contributed by atoms with E-state index in [0.717, 1.165) is 0 Å². The van der Waals surface area contributed by atoms with Gasteiger partial charge < -0.3 is 10.8 Å². The summed E-state index contributed by atoms with van der Waals surface area (Å²) in [5.74, 6) is -0.0185. The van der Waals surface area contributed by atoms with Crippen molar-refractivity contribution in [1.82, 2.24) is 0 Å². The minimum atomic E-state index is -0.0949. The Balaban J connectivity index is 0.00000121. The first-order valence-electron chi connectivity index (χ1n) is 3.20. The molecule has 0 bridgehead atoms. The average Bonchev–Trinajstić information content (AvgIpc) is 1.85. The Hall–Kier alpha value is -1.22. The molecule has 12 heavy (non-hydrogen) atoms. The molecule has 1 rings (SSSR count). The number of nitrogen functional groups attached to an aromatic ring is 1. The van der Waals surface area contributed by atoms with Gasteiger partial charge in [-0.1, -0.05) is 0 Å². The lowest BCUT2D eigenvalue weighted by molar-refractivity contribution is 0.101. The van der Waals surface area contributed by atoms with E-state index in [2.05, 4.69) is 0 Å². The molecule has 1 aromatic carbocycles. The van der Waals surface area contributed by atoms with E-state index >= 15 is 0 Å². The fourth-order valence-corrected chi connectivity index (χ4v) is 0.871. The molecule has 0 aromatic heterocycles. The lowest BCUT2D eigenvalue weighted by atomic mass is 10.1. The molecule has 3 nitrogen and oxygen atoms in total. The van der Waals surface area contributed by atoms with Crippen LogP contribution in [0.4, 0.5) is 5.69 Å². The maximum absolute atomic E-state index is 10.8. The number of benzene rings is 1. The Kier molecular flexibility index (Phi) is 3.57. The second-order valence-corrected chi connectivity index (χ2v) is 2.33. The summed E-state index contributed by atoms with van der Waals surface area (Å²) >= 11 is 0. The molecule has 0 saturated heterocycles. The molecule has 0 saturated carbocycles. The van der Waals surface area contributed by atoms with Gasteiger partial charge in [0.05, 0.1) is 0 Å². The summed E-state index contributed by atoms with van der Waals surface area (Å²) in [6.45, 7) is 1.43. The molecule has 0 atom stereocenters. The normalized spacial score (nSPS) is 8.75. The molecule has 1 aromatic rings. The molecule has 4 heteroatoms. The zero-order chi connectivity index (χ0) is 8.43. The van der Waals surface area contributed by atoms with Gasteiger partial charge in [0.2, 0.25) is 0 Å². The molecule has 66 valence electrons. The molecule has 0 aliphatic carbocycles. The van der Waals surface area contributed by atoms with Gasteiger partial charge >= 0.3 is 0 Å². The van der Waals surface area contributed by atoms with E-state index in [1.54, 1.807) is 0 Å². The van der Waals surface area contributed by atoms with E-state index in [1.807, 2.05) is 0 Å². The highest BCUT2D eigenvalue weighted by Gasteiger charge is 2.03. The van der Waals surface area contributed by atoms with E-state index in [9.17, 15) is 4.79 Å². The van der Waals surface area contributed by atoms with Crippen molar-refractivity contribution in [3.8, 4) is 5.75 Å². The van der Waals surface area contributed by atoms with Crippen LogP contribution < -0.4 is 5.73 Å². The second-order valence-electron chi connectivity index (χ2n) is 2.33. The Morgan fingerprint density at radius 1 is 1.50 bits per heavy atom. The number of phenols is 1. The molecule has 0 spiro atoms. The Labute approximate surface area is 76.6 Å². The molecular formula is C8H10ClNO2. The number of ketones is 1. The number of phenolic OH excluding ortho intramolecular Hbond substituents is 1. The Morgan fingerprint density at radius 2 is 2.08 bits per heavy atom. The van der Waals surface area contributed by atoms with Crippen LogP contribution in [0.1, 0.15) is 17.3 Å². The van der Waals surface area contributed by atoms with Gasteiger partial charge in [0.15, 0.2) is 5.78 Å². The molecule has 0 amide bonds. The number of halogens is 1. The molecule has 0 aliphatic rings. The van der Waals surface area contributed by atoms with Gasteiger partial charge in [-0.3, -0.25) is 4.79 Å². The summed E-state index contributed by atoms with van der Waals surface area (Å²) in [5, 5.41) is 8.93. The van der Waals surface area contributed by atoms with E-state index in [-0.39, 0.29) is 23.9 Å². The number of nitrogens with two attached hydrogens (primary N) is 1. The van der Waals surface area contributed by atoms with Crippen molar-refractivity contribution in [2.75, 3.05) is 5.73 Å². The summed E-state index contributed by atoms with van der Waals surface area (Å²) in [5.41, 5.74) is 6.21. The van der Waals surface area contributed by atoms with Crippen LogP contribution in [-0.2, 0) is 0 Å². The van der Waals surface area contributed by atoms with Gasteiger partial charge in [0, 0.05) is 17.3 Å². The van der Waals surface area contributed by atoms with Gasteiger partial charge in [-0.2, -0.15) is 0 Å². The molecular weight excluding hydrogens is 178 g/mol. The molecule has 0 radical (unpaired) electrons. The first kappa shape index (κ1) is 10.8. The standard InChI is InChI=1S/C8H9NO2.ClH/c1-5(10)7-3-2-6(11)4-8(7)9;/h2-4,11H,9H2,1H3;1H. The zero-order valence-electron chi connectivity index (χ0n) is 6.57. The van der Waals surface area contributed by atoms with Crippen molar-refractivity contribution in [2.24, 2.45) is 0 Å². The third-order valence-corrected chi connectivity index (χ3v) is 1.41. The number of rotatable bonds is 1. The summed E-state index contributed by atoms with van der Waals surface area (Å²) < 4.78 is 0. The SMILES string of the molecule is CC(=O)c1ccc(O)cc1N.Cl. The van der Waals surface area contributed by atoms with Gasteiger partial charge in [-0.15, -0.1) is 12.4 Å². The van der Waals surface area contributed by atoms with Gasteiger partial charge in [-0.05, 0) is 19.1 Å². The number of carbonyl (C=O) groups excluding carboxylic acids is 1. The van der Waals surface area contributed by atoms with Gasteiger partial charge in [0.1, 0.15) is 5.75 Å². The summed E-state index contributed by atoms with van der Waals surface area (Å²) in [6.07, 6.45) is 0. The Bertz CT molecular complexity index is 299. The summed E-state index contributed by atoms with van der Waals surface area (Å²) in [4.78, 5) is 10.8. The van der Waals surface area contributed by atoms with E-state index in [4.69, 9.17) is 10.8 Å². The van der Waals surface area contributed by atoms with Gasteiger partial charge in [0.25, 0.3) is 0 Å². The predicted molar refractivity (Wildman–Crippen MR) is 49.8 cm³/mol. The lowest BCUT2D eigenvalue weighted by Crippen LogP contribution is -1.98. The van der Waals surface area contributed by atoms with Crippen LogP contribution in [0.2, 0.25) is 0 Å². The number of hydrogen-bond acceptors (Lipinski definition) is 3. The quantitative estimate of drug-likeness (QED) is 0.519. The number of anilines is 1. The first-order chi connectivity index (χ1) is 5.11. The molecule has 0 aliphatic heterocycles. The van der Waals surface area contributed by atoms with Crippen LogP contribution in [0.25, 0.3) is 0 Å². The second kappa shape index (κ2) is 3.97. The third kappa shape index (κ3) is 2.13. The minimum absolute atomic E-state index is 0. The van der Waals surface area contributed by atoms with Crippen molar-refractivity contribution < 1.29 is 9.90 Å². The zero-order valence-corrected chi connectivity index (χ0v) is 7.39. The number of Topliss-reactive ketones (excluding diaryl/α,β-unsaturated/α-hetero) is 1.